The molecule has 2 aliphatic heterocycles. The monoisotopic (exact) mass is 509 g/mol. The summed E-state index contributed by atoms with van der Waals surface area (Å²) in [4.78, 5) is 43.3. The van der Waals surface area contributed by atoms with Gasteiger partial charge in [-0.25, -0.2) is 9.97 Å². The van der Waals surface area contributed by atoms with Crippen molar-refractivity contribution in [1.29, 1.82) is 0 Å². The minimum Gasteiger partial charge on any atom is -0.377 e. The number of H-pyrrole nitrogens is 1. The Hall–Kier alpha value is -4.04. The number of fused-ring (bicyclic) bond motifs is 2. The number of benzene rings is 2. The number of hydrogen-bond donors (Lipinski definition) is 1. The van der Waals surface area contributed by atoms with Crippen molar-refractivity contribution >= 4 is 28.4 Å². The predicted molar refractivity (Wildman–Crippen MR) is 146 cm³/mol. The molecule has 6 rings (SSSR count). The number of rotatable bonds is 4. The first-order valence-corrected chi connectivity index (χ1v) is 13.0. The van der Waals surface area contributed by atoms with E-state index in [-0.39, 0.29) is 17.7 Å². The third-order valence-corrected chi connectivity index (χ3v) is 7.81. The van der Waals surface area contributed by atoms with Crippen molar-refractivity contribution in [2.24, 2.45) is 0 Å². The van der Waals surface area contributed by atoms with Crippen LogP contribution >= 0.6 is 0 Å². The van der Waals surface area contributed by atoms with Crippen LogP contribution in [-0.4, -0.2) is 57.3 Å². The normalized spacial score (nSPS) is 18.6. The van der Waals surface area contributed by atoms with Crippen LogP contribution in [0, 0.1) is 0 Å². The Labute approximate surface area is 221 Å². The summed E-state index contributed by atoms with van der Waals surface area (Å²) >= 11 is 0. The van der Waals surface area contributed by atoms with Crippen LogP contribution in [0.25, 0.3) is 22.3 Å². The van der Waals surface area contributed by atoms with E-state index in [9.17, 15) is 9.59 Å². The second-order valence-electron chi connectivity index (χ2n) is 10.6. The number of aromatic amines is 1. The van der Waals surface area contributed by atoms with Gasteiger partial charge in [0, 0.05) is 45.9 Å². The van der Waals surface area contributed by atoms with Gasteiger partial charge in [-0.1, -0.05) is 24.3 Å². The smallest absolute Gasteiger partial charge is 0.254 e. The lowest BCUT2D eigenvalue weighted by atomic mass is 9.98. The van der Waals surface area contributed by atoms with Crippen molar-refractivity contribution in [1.82, 2.24) is 19.9 Å². The van der Waals surface area contributed by atoms with Crippen LogP contribution < -0.4 is 4.90 Å². The third kappa shape index (κ3) is 3.87. The number of nitrogens with zero attached hydrogens (tertiary/aromatic N) is 4. The molecule has 2 aromatic carbocycles. The van der Waals surface area contributed by atoms with Gasteiger partial charge in [0.15, 0.2) is 11.6 Å². The lowest BCUT2D eigenvalue weighted by molar-refractivity contribution is 0.0570. The lowest BCUT2D eigenvalue weighted by Gasteiger charge is -2.35. The molecular formula is C30H31N5O3. The van der Waals surface area contributed by atoms with E-state index >= 15 is 0 Å². The molecule has 38 heavy (non-hydrogen) atoms. The highest BCUT2D eigenvalue weighted by molar-refractivity contribution is 5.98. The molecule has 8 heteroatoms. The molecule has 0 radical (unpaired) electrons. The molecule has 2 aliphatic rings. The molecule has 1 fully saturated rings. The number of aromatic nitrogens is 3. The summed E-state index contributed by atoms with van der Waals surface area (Å²) in [6.45, 7) is 10.1. The average molecular weight is 510 g/mol. The van der Waals surface area contributed by atoms with E-state index in [2.05, 4.69) is 16.8 Å². The number of ether oxygens (including phenoxy) is 1. The van der Waals surface area contributed by atoms with E-state index in [0.29, 0.717) is 36.7 Å². The molecule has 4 heterocycles. The van der Waals surface area contributed by atoms with Gasteiger partial charge < -0.3 is 19.5 Å². The van der Waals surface area contributed by atoms with Gasteiger partial charge >= 0.3 is 0 Å². The summed E-state index contributed by atoms with van der Waals surface area (Å²) in [6, 6.07) is 15.2. The molecule has 0 aliphatic carbocycles. The summed E-state index contributed by atoms with van der Waals surface area (Å²) in [7, 11) is 0. The Bertz CT molecular complexity index is 1560. The SMILES string of the molecule is CC(=O)c1ccc(C(=O)N2Cc3c(N4CCOCC4C)nc(-c4cccc5[nH]ccc45)nc3C2(C)C)cc1. The first-order chi connectivity index (χ1) is 18.3. The molecule has 8 nitrogen and oxygen atoms in total. The summed E-state index contributed by atoms with van der Waals surface area (Å²) in [5, 5.41) is 1.06. The topological polar surface area (TPSA) is 91.4 Å². The third-order valence-electron chi connectivity index (χ3n) is 7.81. The largest absolute Gasteiger partial charge is 0.377 e. The number of ketones is 1. The van der Waals surface area contributed by atoms with Gasteiger partial charge in [0.25, 0.3) is 5.91 Å². The van der Waals surface area contributed by atoms with Crippen molar-refractivity contribution in [3.8, 4) is 11.4 Å². The fourth-order valence-corrected chi connectivity index (χ4v) is 5.62. The summed E-state index contributed by atoms with van der Waals surface area (Å²) in [6.07, 6.45) is 1.92. The molecular weight excluding hydrogens is 478 g/mol. The maximum atomic E-state index is 13.8. The molecule has 194 valence electrons. The van der Waals surface area contributed by atoms with E-state index in [1.165, 1.54) is 6.92 Å². The van der Waals surface area contributed by atoms with E-state index in [0.717, 1.165) is 40.1 Å². The first-order valence-electron chi connectivity index (χ1n) is 13.0. The van der Waals surface area contributed by atoms with Crippen molar-refractivity contribution in [2.45, 2.75) is 45.8 Å². The van der Waals surface area contributed by atoms with Crippen LogP contribution in [0.15, 0.2) is 54.7 Å². The minimum atomic E-state index is -0.667. The molecule has 1 N–H and O–H groups in total. The Kier molecular flexibility index (Phi) is 5.79. The Morgan fingerprint density at radius 2 is 1.82 bits per heavy atom. The van der Waals surface area contributed by atoms with Crippen LogP contribution in [0.3, 0.4) is 0 Å². The average Bonchev–Trinajstić information content (AvgIpc) is 3.50. The fourth-order valence-electron chi connectivity index (χ4n) is 5.62. The Balaban J connectivity index is 1.48. The molecule has 1 amide bonds. The Morgan fingerprint density at radius 1 is 1.05 bits per heavy atom. The Morgan fingerprint density at radius 3 is 2.55 bits per heavy atom. The molecule has 0 spiro atoms. The maximum Gasteiger partial charge on any atom is 0.254 e. The highest BCUT2D eigenvalue weighted by atomic mass is 16.5. The second kappa shape index (κ2) is 9.06. The number of amides is 1. The van der Waals surface area contributed by atoms with Gasteiger partial charge in [0.1, 0.15) is 5.82 Å². The first kappa shape index (κ1) is 24.3. The number of morpholine rings is 1. The highest BCUT2D eigenvalue weighted by Crippen LogP contribution is 2.44. The van der Waals surface area contributed by atoms with Gasteiger partial charge in [-0.2, -0.15) is 0 Å². The van der Waals surface area contributed by atoms with Crippen LogP contribution in [0.4, 0.5) is 5.82 Å². The quantitative estimate of drug-likeness (QED) is 0.392. The standard InChI is InChI=1S/C30H31N5O3/c1-18-17-38-15-14-34(18)28-24-16-35(29(37)21-10-8-20(9-11-21)19(2)36)30(3,4)26(24)32-27(33-28)23-6-5-7-25-22(23)12-13-31-25/h5-13,18,31H,14-17H2,1-4H3. The van der Waals surface area contributed by atoms with Crippen molar-refractivity contribution in [3.63, 3.8) is 0 Å². The molecule has 1 saturated heterocycles. The number of carbonyl (C=O) groups is 2. The number of hydrogen-bond acceptors (Lipinski definition) is 6. The van der Waals surface area contributed by atoms with E-state index in [4.69, 9.17) is 14.7 Å². The van der Waals surface area contributed by atoms with E-state index in [1.807, 2.05) is 49.2 Å². The van der Waals surface area contributed by atoms with E-state index < -0.39 is 5.54 Å². The van der Waals surface area contributed by atoms with Gasteiger partial charge in [0.05, 0.1) is 37.0 Å². The zero-order chi connectivity index (χ0) is 26.6. The highest BCUT2D eigenvalue weighted by Gasteiger charge is 2.45. The molecule has 1 atom stereocenters. The number of carbonyl (C=O) groups excluding carboxylic acids is 2. The van der Waals surface area contributed by atoms with Gasteiger partial charge in [-0.05, 0) is 52.0 Å². The summed E-state index contributed by atoms with van der Waals surface area (Å²) in [5.41, 5.74) is 4.28. The fraction of sp³-hybridized carbons (Fsp3) is 0.333. The van der Waals surface area contributed by atoms with Crippen LogP contribution in [0.1, 0.15) is 59.7 Å². The number of Topliss-reactive ketones (excluding diaryl/α,β-unsaturated/α-hetero) is 1. The van der Waals surface area contributed by atoms with Gasteiger partial charge in [-0.3, -0.25) is 9.59 Å². The minimum absolute atomic E-state index is 0.0255. The summed E-state index contributed by atoms with van der Waals surface area (Å²) in [5.74, 6) is 1.39. The van der Waals surface area contributed by atoms with Gasteiger partial charge in [-0.15, -0.1) is 0 Å². The maximum absolute atomic E-state index is 13.8. The predicted octanol–water partition coefficient (Wildman–Crippen LogP) is 4.94. The van der Waals surface area contributed by atoms with Gasteiger partial charge in [0.2, 0.25) is 0 Å². The second-order valence-corrected chi connectivity index (χ2v) is 10.6. The van der Waals surface area contributed by atoms with Crippen molar-refractivity contribution in [3.05, 3.63) is 77.1 Å². The molecule has 1 unspecified atom stereocenters. The molecule has 4 aromatic rings. The molecule has 0 saturated carbocycles. The zero-order valence-electron chi connectivity index (χ0n) is 22.1. The van der Waals surface area contributed by atoms with Crippen LogP contribution in [0.5, 0.6) is 0 Å². The molecule has 2 aromatic heterocycles. The zero-order valence-corrected chi connectivity index (χ0v) is 22.1. The number of anilines is 1. The molecule has 0 bridgehead atoms. The van der Waals surface area contributed by atoms with Crippen LogP contribution in [0.2, 0.25) is 0 Å². The lowest BCUT2D eigenvalue weighted by Crippen LogP contribution is -2.44. The number of nitrogens with one attached hydrogen (secondary N) is 1. The summed E-state index contributed by atoms with van der Waals surface area (Å²) < 4.78 is 5.72. The van der Waals surface area contributed by atoms with E-state index in [1.54, 1.807) is 24.3 Å². The van der Waals surface area contributed by atoms with Crippen LogP contribution in [-0.2, 0) is 16.8 Å². The van der Waals surface area contributed by atoms with Crippen molar-refractivity contribution < 1.29 is 14.3 Å². The van der Waals surface area contributed by atoms with Crippen molar-refractivity contribution in [2.75, 3.05) is 24.7 Å².